The van der Waals surface area contributed by atoms with Crippen LogP contribution in [0.3, 0.4) is 0 Å². The number of hydrogen-bond acceptors (Lipinski definition) is 3. The molecule has 0 aromatic heterocycles. The number of hydrogen-bond donors (Lipinski definition) is 3. The summed E-state index contributed by atoms with van der Waals surface area (Å²) in [5, 5.41) is 16.1. The molecule has 0 spiro atoms. The van der Waals surface area contributed by atoms with Crippen LogP contribution in [0.4, 0.5) is 0 Å². The molecular formula is C7H12N2O. The van der Waals surface area contributed by atoms with Gasteiger partial charge in [0.15, 0.2) is 0 Å². The van der Waals surface area contributed by atoms with E-state index in [1.165, 1.54) is 0 Å². The van der Waals surface area contributed by atoms with Gasteiger partial charge in [-0.25, -0.2) is 0 Å². The highest BCUT2D eigenvalue weighted by atomic mass is 16.3. The Kier molecular flexibility index (Phi) is 2.19. The molecule has 3 heteroatoms. The molecule has 0 fully saturated rings. The van der Waals surface area contributed by atoms with Crippen molar-refractivity contribution in [3.63, 3.8) is 0 Å². The summed E-state index contributed by atoms with van der Waals surface area (Å²) >= 11 is 0. The predicted molar refractivity (Wildman–Crippen MR) is 40.1 cm³/mol. The highest BCUT2D eigenvalue weighted by Gasteiger charge is 2.16. The first kappa shape index (κ1) is 7.44. The fourth-order valence-electron chi connectivity index (χ4n) is 1.08. The van der Waals surface area contributed by atoms with Gasteiger partial charge in [-0.15, -0.1) is 0 Å². The first-order chi connectivity index (χ1) is 4.75. The van der Waals surface area contributed by atoms with E-state index < -0.39 is 0 Å². The average Bonchev–Trinajstić information content (AvgIpc) is 1.95. The molecule has 1 unspecified atom stereocenters. The molecule has 0 aromatic rings. The van der Waals surface area contributed by atoms with Crippen LogP contribution in [-0.4, -0.2) is 23.5 Å². The summed E-state index contributed by atoms with van der Waals surface area (Å²) in [6.45, 7) is -0.0104. The summed E-state index contributed by atoms with van der Waals surface area (Å²) < 4.78 is 0. The Morgan fingerprint density at radius 1 is 1.80 bits per heavy atom. The average molecular weight is 140 g/mol. The maximum atomic E-state index is 8.73. The van der Waals surface area contributed by atoms with Crippen molar-refractivity contribution < 1.29 is 5.11 Å². The molecule has 0 aromatic carbocycles. The van der Waals surface area contributed by atoms with E-state index in [-0.39, 0.29) is 12.6 Å². The lowest BCUT2D eigenvalue weighted by Crippen LogP contribution is -2.35. The van der Waals surface area contributed by atoms with E-state index in [0.717, 1.165) is 18.4 Å². The van der Waals surface area contributed by atoms with Crippen molar-refractivity contribution in [1.82, 2.24) is 0 Å². The summed E-state index contributed by atoms with van der Waals surface area (Å²) in [5.74, 6) is 0. The van der Waals surface area contributed by atoms with Gasteiger partial charge in [-0.05, 0) is 18.4 Å². The van der Waals surface area contributed by atoms with Crippen LogP contribution in [0.5, 0.6) is 0 Å². The topological polar surface area (TPSA) is 70.1 Å². The lowest BCUT2D eigenvalue weighted by atomic mass is 9.93. The molecule has 0 bridgehead atoms. The molecular weight excluding hydrogens is 128 g/mol. The monoisotopic (exact) mass is 140 g/mol. The Bertz CT molecular complexity index is 174. The van der Waals surface area contributed by atoms with Gasteiger partial charge in [0, 0.05) is 5.71 Å². The number of rotatable bonds is 1. The van der Waals surface area contributed by atoms with Gasteiger partial charge in [0.25, 0.3) is 0 Å². The van der Waals surface area contributed by atoms with Crippen LogP contribution in [0.2, 0.25) is 0 Å². The molecule has 4 N–H and O–H groups in total. The van der Waals surface area contributed by atoms with Crippen LogP contribution in [0.15, 0.2) is 11.6 Å². The number of aliphatic hydroxyl groups excluding tert-OH is 1. The molecule has 0 amide bonds. The fraction of sp³-hybridized carbons (Fsp3) is 0.571. The molecule has 56 valence electrons. The minimum absolute atomic E-state index is 0.0104. The Labute approximate surface area is 60.1 Å². The smallest absolute Gasteiger partial charge is 0.0661 e. The third-order valence-corrected chi connectivity index (χ3v) is 1.78. The van der Waals surface area contributed by atoms with Crippen LogP contribution in [-0.2, 0) is 0 Å². The van der Waals surface area contributed by atoms with Gasteiger partial charge in [-0.2, -0.15) is 0 Å². The molecule has 0 saturated heterocycles. The highest BCUT2D eigenvalue weighted by molar-refractivity contribution is 5.90. The van der Waals surface area contributed by atoms with E-state index in [0.29, 0.717) is 5.71 Å². The number of nitrogens with one attached hydrogen (secondary N) is 1. The molecule has 10 heavy (non-hydrogen) atoms. The van der Waals surface area contributed by atoms with Crippen LogP contribution in [0.1, 0.15) is 12.8 Å². The van der Waals surface area contributed by atoms with Crippen molar-refractivity contribution in [3.05, 3.63) is 11.6 Å². The Balaban J connectivity index is 2.71. The van der Waals surface area contributed by atoms with Gasteiger partial charge < -0.3 is 16.2 Å². The molecule has 0 radical (unpaired) electrons. The van der Waals surface area contributed by atoms with E-state index in [9.17, 15) is 0 Å². The van der Waals surface area contributed by atoms with Crippen molar-refractivity contribution in [1.29, 1.82) is 5.41 Å². The van der Waals surface area contributed by atoms with Crippen LogP contribution < -0.4 is 5.73 Å². The molecule has 1 aliphatic carbocycles. The molecule has 0 heterocycles. The maximum Gasteiger partial charge on any atom is 0.0661 e. The minimum Gasteiger partial charge on any atom is -0.392 e. The second-order valence-electron chi connectivity index (χ2n) is 2.48. The Hall–Kier alpha value is -0.670. The van der Waals surface area contributed by atoms with E-state index in [1.54, 1.807) is 0 Å². The zero-order valence-electron chi connectivity index (χ0n) is 5.80. The Morgan fingerprint density at radius 3 is 3.00 bits per heavy atom. The van der Waals surface area contributed by atoms with Gasteiger partial charge in [-0.3, -0.25) is 0 Å². The summed E-state index contributed by atoms with van der Waals surface area (Å²) in [7, 11) is 0. The molecule has 0 aliphatic heterocycles. The standard InChI is InChI=1S/C7H12N2O/c8-6-3-1-2-5(4-10)7(6)9/h2,7-8,10H,1,3-4,9H2. The predicted octanol–water partition coefficient (Wildman–Crippen LogP) is 0.0460. The van der Waals surface area contributed by atoms with Gasteiger partial charge in [0.2, 0.25) is 0 Å². The molecule has 3 nitrogen and oxygen atoms in total. The van der Waals surface area contributed by atoms with E-state index in [4.69, 9.17) is 16.2 Å². The first-order valence-electron chi connectivity index (χ1n) is 3.38. The van der Waals surface area contributed by atoms with Crippen LogP contribution >= 0.6 is 0 Å². The quantitative estimate of drug-likeness (QED) is 0.450. The summed E-state index contributed by atoms with van der Waals surface area (Å²) in [6.07, 6.45) is 3.51. The van der Waals surface area contributed by atoms with Crippen molar-refractivity contribution >= 4 is 5.71 Å². The highest BCUT2D eigenvalue weighted by Crippen LogP contribution is 2.12. The van der Waals surface area contributed by atoms with E-state index in [2.05, 4.69) is 0 Å². The molecule has 1 aliphatic rings. The zero-order valence-corrected chi connectivity index (χ0v) is 5.80. The van der Waals surface area contributed by atoms with Gasteiger partial charge in [0.05, 0.1) is 12.6 Å². The fourth-order valence-corrected chi connectivity index (χ4v) is 1.08. The summed E-state index contributed by atoms with van der Waals surface area (Å²) in [5.41, 5.74) is 6.90. The second-order valence-corrected chi connectivity index (χ2v) is 2.48. The normalized spacial score (nSPS) is 26.4. The van der Waals surface area contributed by atoms with Gasteiger partial charge in [0.1, 0.15) is 0 Å². The van der Waals surface area contributed by atoms with Crippen molar-refractivity contribution in [2.45, 2.75) is 18.9 Å². The largest absolute Gasteiger partial charge is 0.392 e. The molecule has 1 atom stereocenters. The van der Waals surface area contributed by atoms with Crippen molar-refractivity contribution in [2.75, 3.05) is 6.61 Å². The van der Waals surface area contributed by atoms with E-state index >= 15 is 0 Å². The zero-order chi connectivity index (χ0) is 7.56. The summed E-state index contributed by atoms with van der Waals surface area (Å²) in [4.78, 5) is 0. The van der Waals surface area contributed by atoms with Crippen LogP contribution in [0, 0.1) is 5.41 Å². The number of allylic oxidation sites excluding steroid dienone is 1. The van der Waals surface area contributed by atoms with Crippen LogP contribution in [0.25, 0.3) is 0 Å². The number of aliphatic hydroxyl groups is 1. The summed E-state index contributed by atoms with van der Waals surface area (Å²) in [6, 6.07) is -0.321. The van der Waals surface area contributed by atoms with Gasteiger partial charge >= 0.3 is 0 Å². The third kappa shape index (κ3) is 1.25. The van der Waals surface area contributed by atoms with Gasteiger partial charge in [-0.1, -0.05) is 6.08 Å². The van der Waals surface area contributed by atoms with Crippen molar-refractivity contribution in [3.8, 4) is 0 Å². The second kappa shape index (κ2) is 2.94. The maximum absolute atomic E-state index is 8.73. The third-order valence-electron chi connectivity index (χ3n) is 1.78. The molecule has 1 rings (SSSR count). The molecule has 0 saturated carbocycles. The Morgan fingerprint density at radius 2 is 2.50 bits per heavy atom. The van der Waals surface area contributed by atoms with E-state index in [1.807, 2.05) is 6.08 Å². The minimum atomic E-state index is -0.321. The first-order valence-corrected chi connectivity index (χ1v) is 3.38. The lowest BCUT2D eigenvalue weighted by molar-refractivity contribution is 0.325. The van der Waals surface area contributed by atoms with Crippen molar-refractivity contribution in [2.24, 2.45) is 5.73 Å². The lowest BCUT2D eigenvalue weighted by Gasteiger charge is -2.19. The SMILES string of the molecule is N=C1CCC=C(CO)C1N. The number of nitrogens with two attached hydrogens (primary N) is 1.